The van der Waals surface area contributed by atoms with Gasteiger partial charge in [0.05, 0.1) is 0 Å². The van der Waals surface area contributed by atoms with Gasteiger partial charge in [-0.25, -0.2) is 9.97 Å². The minimum atomic E-state index is 0. The highest BCUT2D eigenvalue weighted by atomic mass is 127. The van der Waals surface area contributed by atoms with Crippen molar-refractivity contribution in [2.75, 3.05) is 38.1 Å². The zero-order valence-electron chi connectivity index (χ0n) is 17.7. The molecule has 4 rings (SSSR count). The average molecular weight is 552 g/mol. The number of hydrogen-bond donors (Lipinski definition) is 1. The van der Waals surface area contributed by atoms with Crippen LogP contribution in [-0.2, 0) is 6.54 Å². The van der Waals surface area contributed by atoms with Gasteiger partial charge >= 0.3 is 0 Å². The van der Waals surface area contributed by atoms with Gasteiger partial charge in [-0.1, -0.05) is 23.7 Å². The van der Waals surface area contributed by atoms with E-state index in [-0.39, 0.29) is 24.0 Å². The van der Waals surface area contributed by atoms with Gasteiger partial charge in [0.25, 0.3) is 0 Å². The van der Waals surface area contributed by atoms with Crippen LogP contribution >= 0.6 is 35.6 Å². The number of aliphatic imine (C=N–C) groups is 1. The van der Waals surface area contributed by atoms with E-state index in [1.54, 1.807) is 6.20 Å². The predicted molar refractivity (Wildman–Crippen MR) is 137 cm³/mol. The molecule has 0 unspecified atom stereocenters. The third kappa shape index (κ3) is 5.68. The molecule has 3 heterocycles. The van der Waals surface area contributed by atoms with Crippen LogP contribution in [0.15, 0.2) is 60.0 Å². The number of pyridine rings is 1. The Morgan fingerprint density at radius 1 is 1.13 bits per heavy atom. The number of guanidine groups is 1. The summed E-state index contributed by atoms with van der Waals surface area (Å²) in [5, 5.41) is 4.24. The number of halogens is 2. The summed E-state index contributed by atoms with van der Waals surface area (Å²) in [7, 11) is 1.83. The predicted octanol–water partition coefficient (Wildman–Crippen LogP) is 3.74. The third-order valence-electron chi connectivity index (χ3n) is 5.30. The van der Waals surface area contributed by atoms with Crippen LogP contribution in [0, 0.1) is 6.92 Å². The number of aromatic nitrogens is 3. The van der Waals surface area contributed by atoms with Gasteiger partial charge in [0.1, 0.15) is 11.6 Å². The normalized spacial score (nSPS) is 14.4. The summed E-state index contributed by atoms with van der Waals surface area (Å²) in [6, 6.07) is 12.1. The van der Waals surface area contributed by atoms with Gasteiger partial charge in [-0.3, -0.25) is 9.56 Å². The molecule has 0 amide bonds. The number of imidazole rings is 1. The van der Waals surface area contributed by atoms with E-state index in [4.69, 9.17) is 11.6 Å². The summed E-state index contributed by atoms with van der Waals surface area (Å²) in [5.41, 5.74) is 2.28. The quantitative estimate of drug-likeness (QED) is 0.304. The molecule has 0 radical (unpaired) electrons. The molecule has 0 bridgehead atoms. The van der Waals surface area contributed by atoms with Crippen molar-refractivity contribution in [3.8, 4) is 5.82 Å². The summed E-state index contributed by atoms with van der Waals surface area (Å²) < 4.78 is 1.97. The average Bonchev–Trinajstić information content (AvgIpc) is 3.21. The van der Waals surface area contributed by atoms with E-state index >= 15 is 0 Å². The number of hydrogen-bond acceptors (Lipinski definition) is 4. The molecule has 0 saturated carbocycles. The molecular weight excluding hydrogens is 525 g/mol. The van der Waals surface area contributed by atoms with Crippen molar-refractivity contribution < 1.29 is 0 Å². The van der Waals surface area contributed by atoms with Crippen LogP contribution < -0.4 is 10.2 Å². The van der Waals surface area contributed by atoms with Crippen LogP contribution in [0.1, 0.15) is 11.4 Å². The maximum absolute atomic E-state index is 6.14. The van der Waals surface area contributed by atoms with E-state index in [0.717, 1.165) is 54.4 Å². The fraction of sp³-hybridized carbons (Fsp3) is 0.318. The summed E-state index contributed by atoms with van der Waals surface area (Å²) >= 11 is 6.14. The molecule has 0 atom stereocenters. The van der Waals surface area contributed by atoms with E-state index in [1.165, 1.54) is 5.69 Å². The van der Waals surface area contributed by atoms with Gasteiger partial charge in [-0.2, -0.15) is 0 Å². The molecular formula is C22H27ClIN7. The maximum atomic E-state index is 6.14. The first kappa shape index (κ1) is 23.3. The molecule has 2 aromatic heterocycles. The molecule has 1 fully saturated rings. The van der Waals surface area contributed by atoms with Gasteiger partial charge in [0.2, 0.25) is 0 Å². The lowest BCUT2D eigenvalue weighted by atomic mass is 10.2. The Bertz CT molecular complexity index is 1010. The van der Waals surface area contributed by atoms with Crippen LogP contribution in [-0.4, -0.2) is 58.6 Å². The van der Waals surface area contributed by atoms with Gasteiger partial charge < -0.3 is 15.1 Å². The van der Waals surface area contributed by atoms with Crippen molar-refractivity contribution in [2.24, 2.45) is 4.99 Å². The summed E-state index contributed by atoms with van der Waals surface area (Å²) in [4.78, 5) is 17.9. The Morgan fingerprint density at radius 2 is 1.94 bits per heavy atom. The van der Waals surface area contributed by atoms with Gasteiger partial charge in [0.15, 0.2) is 5.96 Å². The molecule has 3 aromatic rings. The topological polar surface area (TPSA) is 61.6 Å². The first-order valence-corrected chi connectivity index (χ1v) is 10.4. The Kier molecular flexibility index (Phi) is 8.14. The molecule has 9 heteroatoms. The minimum Gasteiger partial charge on any atom is -0.368 e. The van der Waals surface area contributed by atoms with Crippen LogP contribution in [0.3, 0.4) is 0 Å². The lowest BCUT2D eigenvalue weighted by molar-refractivity contribution is 0.372. The number of rotatable bonds is 4. The molecule has 31 heavy (non-hydrogen) atoms. The fourth-order valence-electron chi connectivity index (χ4n) is 3.65. The smallest absolute Gasteiger partial charge is 0.194 e. The number of nitrogens with zero attached hydrogens (tertiary/aromatic N) is 6. The highest BCUT2D eigenvalue weighted by molar-refractivity contribution is 14.0. The summed E-state index contributed by atoms with van der Waals surface area (Å²) in [6.45, 7) is 6.32. The molecule has 7 nitrogen and oxygen atoms in total. The first-order chi connectivity index (χ1) is 14.6. The summed E-state index contributed by atoms with van der Waals surface area (Å²) in [6.07, 6.45) is 5.59. The SMILES string of the molecule is CN=C(NCc1ccc(-n2ccnc2C)nc1)N1CCN(c2cccc(Cl)c2)CC1.I. The molecule has 0 aliphatic carbocycles. The third-order valence-corrected chi connectivity index (χ3v) is 5.53. The zero-order chi connectivity index (χ0) is 20.9. The Hall–Kier alpha value is -2.33. The number of nitrogens with one attached hydrogen (secondary N) is 1. The second-order valence-electron chi connectivity index (χ2n) is 7.22. The van der Waals surface area contributed by atoms with E-state index in [2.05, 4.69) is 42.2 Å². The second kappa shape index (κ2) is 10.8. The molecule has 1 aliphatic heterocycles. The first-order valence-electron chi connectivity index (χ1n) is 10.1. The molecule has 0 spiro atoms. The summed E-state index contributed by atoms with van der Waals surface area (Å²) in [5.74, 6) is 2.70. The van der Waals surface area contributed by atoms with Crippen molar-refractivity contribution in [2.45, 2.75) is 13.5 Å². The van der Waals surface area contributed by atoms with Crippen LogP contribution in [0.4, 0.5) is 5.69 Å². The second-order valence-corrected chi connectivity index (χ2v) is 7.66. The van der Waals surface area contributed by atoms with Crippen molar-refractivity contribution >= 4 is 47.2 Å². The number of piperazine rings is 1. The van der Waals surface area contributed by atoms with Crippen LogP contribution in [0.2, 0.25) is 5.02 Å². The van der Waals surface area contributed by atoms with E-state index < -0.39 is 0 Å². The molecule has 1 saturated heterocycles. The molecule has 1 aliphatic rings. The Morgan fingerprint density at radius 3 is 2.55 bits per heavy atom. The van der Waals surface area contributed by atoms with Gasteiger partial charge in [-0.15, -0.1) is 24.0 Å². The van der Waals surface area contributed by atoms with Crippen molar-refractivity contribution in [3.05, 3.63) is 71.4 Å². The molecule has 1 N–H and O–H groups in total. The van der Waals surface area contributed by atoms with Gasteiger partial charge in [0, 0.05) is 69.1 Å². The van der Waals surface area contributed by atoms with E-state index in [0.29, 0.717) is 6.54 Å². The Labute approximate surface area is 205 Å². The van der Waals surface area contributed by atoms with Crippen molar-refractivity contribution in [1.82, 2.24) is 24.8 Å². The fourth-order valence-corrected chi connectivity index (χ4v) is 3.83. The maximum Gasteiger partial charge on any atom is 0.194 e. The largest absolute Gasteiger partial charge is 0.368 e. The molecule has 1 aromatic carbocycles. The van der Waals surface area contributed by atoms with E-state index in [9.17, 15) is 0 Å². The number of anilines is 1. The van der Waals surface area contributed by atoms with E-state index in [1.807, 2.05) is 55.2 Å². The lowest BCUT2D eigenvalue weighted by Gasteiger charge is -2.37. The van der Waals surface area contributed by atoms with Gasteiger partial charge in [-0.05, 0) is 36.8 Å². The highest BCUT2D eigenvalue weighted by Gasteiger charge is 2.20. The van der Waals surface area contributed by atoms with Crippen molar-refractivity contribution in [1.29, 1.82) is 0 Å². The Balaban J connectivity index is 0.00000272. The molecule has 164 valence electrons. The lowest BCUT2D eigenvalue weighted by Crippen LogP contribution is -2.52. The zero-order valence-corrected chi connectivity index (χ0v) is 20.8. The highest BCUT2D eigenvalue weighted by Crippen LogP contribution is 2.20. The van der Waals surface area contributed by atoms with Crippen molar-refractivity contribution in [3.63, 3.8) is 0 Å². The monoisotopic (exact) mass is 551 g/mol. The standard InChI is InChI=1S/C22H26ClN7.HI/c1-17-25-8-9-30(17)21-7-6-18(15-26-21)16-27-22(24-2)29-12-10-28(11-13-29)20-5-3-4-19(23)14-20;/h3-9,14-15H,10-13,16H2,1-2H3,(H,24,27);1H. The minimum absolute atomic E-state index is 0. The number of aryl methyl sites for hydroxylation is 1. The number of benzene rings is 1. The van der Waals surface area contributed by atoms with Crippen LogP contribution in [0.5, 0.6) is 0 Å². The van der Waals surface area contributed by atoms with Crippen LogP contribution in [0.25, 0.3) is 5.82 Å².